The Labute approximate surface area is 121 Å². The molecule has 0 spiro atoms. The van der Waals surface area contributed by atoms with E-state index in [4.69, 9.17) is 9.47 Å². The third-order valence-electron chi connectivity index (χ3n) is 3.16. The predicted octanol–water partition coefficient (Wildman–Crippen LogP) is 1.16. The highest BCUT2D eigenvalue weighted by Crippen LogP contribution is 2.31. The molecule has 0 saturated heterocycles. The Bertz CT molecular complexity index is 668. The number of aryl methyl sites for hydroxylation is 1. The molecule has 0 aliphatic carbocycles. The molecule has 1 N–H and O–H groups in total. The molecule has 2 aromatic rings. The molecule has 21 heavy (non-hydrogen) atoms. The lowest BCUT2D eigenvalue weighted by Crippen LogP contribution is -2.27. The van der Waals surface area contributed by atoms with Crippen LogP contribution in [0.5, 0.6) is 11.5 Å². The Morgan fingerprint density at radius 2 is 2.10 bits per heavy atom. The molecule has 0 unspecified atom stereocenters. The minimum atomic E-state index is -0.228. The van der Waals surface area contributed by atoms with E-state index in [1.807, 2.05) is 18.2 Å². The predicted molar refractivity (Wildman–Crippen MR) is 74.3 cm³/mol. The van der Waals surface area contributed by atoms with E-state index in [2.05, 4.69) is 15.2 Å². The summed E-state index contributed by atoms with van der Waals surface area (Å²) in [7, 11) is 1.71. The Morgan fingerprint density at radius 3 is 2.81 bits per heavy atom. The summed E-state index contributed by atoms with van der Waals surface area (Å²) in [5.41, 5.74) is 0.961. The first-order valence-corrected chi connectivity index (χ1v) is 6.66. The number of ether oxygens (including phenoxy) is 2. The molecular formula is C14H16N4O3. The third kappa shape index (κ3) is 2.81. The molecule has 0 radical (unpaired) electrons. The number of carbonyl (C=O) groups is 1. The number of amides is 1. The van der Waals surface area contributed by atoms with Gasteiger partial charge in [-0.3, -0.25) is 9.89 Å². The summed E-state index contributed by atoms with van der Waals surface area (Å²) in [5.74, 6) is 2.02. The van der Waals surface area contributed by atoms with Gasteiger partial charge in [0.05, 0.1) is 0 Å². The lowest BCUT2D eigenvalue weighted by Gasteiger charge is -2.20. The Morgan fingerprint density at radius 1 is 1.33 bits per heavy atom. The number of hydrogen-bond acceptors (Lipinski definition) is 5. The first kappa shape index (κ1) is 13.4. The second-order valence-electron chi connectivity index (χ2n) is 4.88. The van der Waals surface area contributed by atoms with Crippen molar-refractivity contribution in [2.75, 3.05) is 20.3 Å². The molecular weight excluding hydrogens is 272 g/mol. The van der Waals surface area contributed by atoms with Crippen molar-refractivity contribution in [3.63, 3.8) is 0 Å². The van der Waals surface area contributed by atoms with E-state index in [1.54, 1.807) is 18.9 Å². The zero-order chi connectivity index (χ0) is 14.8. The van der Waals surface area contributed by atoms with Crippen molar-refractivity contribution in [2.24, 2.45) is 0 Å². The lowest BCUT2D eigenvalue weighted by atomic mass is 10.2. The van der Waals surface area contributed by atoms with Gasteiger partial charge in [-0.2, -0.15) is 0 Å². The van der Waals surface area contributed by atoms with Gasteiger partial charge in [-0.05, 0) is 24.6 Å². The van der Waals surface area contributed by atoms with Crippen molar-refractivity contribution >= 4 is 5.91 Å². The largest absolute Gasteiger partial charge is 0.486 e. The van der Waals surface area contributed by atoms with Crippen molar-refractivity contribution in [1.29, 1.82) is 0 Å². The minimum Gasteiger partial charge on any atom is -0.486 e. The smallest absolute Gasteiger partial charge is 0.293 e. The van der Waals surface area contributed by atoms with Gasteiger partial charge >= 0.3 is 0 Å². The average Bonchev–Trinajstić information content (AvgIpc) is 2.93. The summed E-state index contributed by atoms with van der Waals surface area (Å²) in [6.07, 6.45) is 0. The summed E-state index contributed by atoms with van der Waals surface area (Å²) >= 11 is 0. The molecule has 1 aliphatic heterocycles. The molecule has 0 fully saturated rings. The topological polar surface area (TPSA) is 80.3 Å². The summed E-state index contributed by atoms with van der Waals surface area (Å²) in [6, 6.07) is 5.67. The van der Waals surface area contributed by atoms with Gasteiger partial charge in [0.2, 0.25) is 5.82 Å². The second kappa shape index (κ2) is 5.43. The van der Waals surface area contributed by atoms with E-state index < -0.39 is 0 Å². The Hall–Kier alpha value is -2.57. The fourth-order valence-electron chi connectivity index (χ4n) is 2.14. The van der Waals surface area contributed by atoms with Gasteiger partial charge in [-0.25, -0.2) is 4.98 Å². The van der Waals surface area contributed by atoms with Gasteiger partial charge in [-0.15, -0.1) is 5.10 Å². The average molecular weight is 288 g/mol. The SMILES string of the molecule is Cc1nc(C(=O)N(C)Cc2ccc3c(c2)OCCO3)n[nH]1. The van der Waals surface area contributed by atoms with E-state index in [-0.39, 0.29) is 11.7 Å². The molecule has 3 rings (SSSR count). The van der Waals surface area contributed by atoms with Crippen molar-refractivity contribution in [3.05, 3.63) is 35.4 Å². The van der Waals surface area contributed by atoms with Crippen LogP contribution in [0, 0.1) is 6.92 Å². The maximum absolute atomic E-state index is 12.2. The van der Waals surface area contributed by atoms with Crippen LogP contribution in [-0.4, -0.2) is 46.2 Å². The highest BCUT2D eigenvalue weighted by atomic mass is 16.6. The molecule has 1 amide bonds. The van der Waals surface area contributed by atoms with Crippen molar-refractivity contribution in [1.82, 2.24) is 20.1 Å². The summed E-state index contributed by atoms with van der Waals surface area (Å²) in [6.45, 7) is 3.31. The van der Waals surface area contributed by atoms with Gasteiger partial charge in [0.1, 0.15) is 19.0 Å². The van der Waals surface area contributed by atoms with Crippen LogP contribution in [0.4, 0.5) is 0 Å². The van der Waals surface area contributed by atoms with E-state index in [9.17, 15) is 4.79 Å². The van der Waals surface area contributed by atoms with Crippen LogP contribution in [0.25, 0.3) is 0 Å². The van der Waals surface area contributed by atoms with Gasteiger partial charge in [0.25, 0.3) is 5.91 Å². The van der Waals surface area contributed by atoms with Gasteiger partial charge in [-0.1, -0.05) is 6.07 Å². The van der Waals surface area contributed by atoms with E-state index in [0.29, 0.717) is 31.3 Å². The normalized spacial score (nSPS) is 13.0. The number of nitrogens with zero attached hydrogens (tertiary/aromatic N) is 3. The fourth-order valence-corrected chi connectivity index (χ4v) is 2.14. The molecule has 1 aliphatic rings. The molecule has 7 heteroatoms. The maximum Gasteiger partial charge on any atom is 0.293 e. The number of hydrogen-bond donors (Lipinski definition) is 1. The Balaban J connectivity index is 1.72. The first-order valence-electron chi connectivity index (χ1n) is 6.66. The highest BCUT2D eigenvalue weighted by Gasteiger charge is 2.18. The zero-order valence-corrected chi connectivity index (χ0v) is 11.9. The molecule has 7 nitrogen and oxygen atoms in total. The van der Waals surface area contributed by atoms with Gasteiger partial charge in [0, 0.05) is 13.6 Å². The van der Waals surface area contributed by atoms with Crippen molar-refractivity contribution in [3.8, 4) is 11.5 Å². The van der Waals surface area contributed by atoms with Crippen molar-refractivity contribution < 1.29 is 14.3 Å². The first-order chi connectivity index (χ1) is 10.1. The number of rotatable bonds is 3. The summed E-state index contributed by atoms with van der Waals surface area (Å²) in [4.78, 5) is 17.8. The van der Waals surface area contributed by atoms with Gasteiger partial charge < -0.3 is 14.4 Å². The van der Waals surface area contributed by atoms with E-state index in [1.165, 1.54) is 0 Å². The molecule has 0 saturated carbocycles. The number of aromatic amines is 1. The van der Waals surface area contributed by atoms with E-state index in [0.717, 1.165) is 11.3 Å². The van der Waals surface area contributed by atoms with Gasteiger partial charge in [0.15, 0.2) is 11.5 Å². The number of H-pyrrole nitrogens is 1. The highest BCUT2D eigenvalue weighted by molar-refractivity contribution is 5.90. The van der Waals surface area contributed by atoms with Crippen LogP contribution >= 0.6 is 0 Å². The molecule has 1 aromatic carbocycles. The summed E-state index contributed by atoms with van der Waals surface area (Å²) < 4.78 is 11.0. The fraction of sp³-hybridized carbons (Fsp3) is 0.357. The second-order valence-corrected chi connectivity index (χ2v) is 4.88. The number of fused-ring (bicyclic) bond motifs is 1. The molecule has 110 valence electrons. The third-order valence-corrected chi connectivity index (χ3v) is 3.16. The minimum absolute atomic E-state index is 0.174. The van der Waals surface area contributed by atoms with Crippen LogP contribution in [0.3, 0.4) is 0 Å². The van der Waals surface area contributed by atoms with Crippen LogP contribution in [0.15, 0.2) is 18.2 Å². The quantitative estimate of drug-likeness (QED) is 0.916. The standard InChI is InChI=1S/C14H16N4O3/c1-9-15-13(17-16-9)14(19)18(2)8-10-3-4-11-12(7-10)21-6-5-20-11/h3-4,7H,5-6,8H2,1-2H3,(H,15,16,17). The van der Waals surface area contributed by atoms with Crippen LogP contribution < -0.4 is 9.47 Å². The lowest BCUT2D eigenvalue weighted by molar-refractivity contribution is 0.0773. The van der Waals surface area contributed by atoms with Crippen LogP contribution in [0.1, 0.15) is 22.0 Å². The zero-order valence-electron chi connectivity index (χ0n) is 11.9. The molecule has 1 aromatic heterocycles. The molecule has 0 bridgehead atoms. The monoisotopic (exact) mass is 288 g/mol. The van der Waals surface area contributed by atoms with Crippen molar-refractivity contribution in [2.45, 2.75) is 13.5 Å². The maximum atomic E-state index is 12.2. The van der Waals surface area contributed by atoms with E-state index >= 15 is 0 Å². The van der Waals surface area contributed by atoms with Crippen LogP contribution in [0.2, 0.25) is 0 Å². The number of nitrogens with one attached hydrogen (secondary N) is 1. The summed E-state index contributed by atoms with van der Waals surface area (Å²) in [5, 5.41) is 6.54. The Kier molecular flexibility index (Phi) is 3.47. The number of carbonyl (C=O) groups excluding carboxylic acids is 1. The molecule has 2 heterocycles. The van der Waals surface area contributed by atoms with Crippen LogP contribution in [-0.2, 0) is 6.54 Å². The molecule has 0 atom stereocenters. The number of benzene rings is 1. The number of aromatic nitrogens is 3.